The third-order valence-electron chi connectivity index (χ3n) is 3.35. The summed E-state index contributed by atoms with van der Waals surface area (Å²) in [7, 11) is 0. The van der Waals surface area contributed by atoms with Crippen molar-refractivity contribution in [2.45, 2.75) is 18.9 Å². The molecule has 0 spiro atoms. The van der Waals surface area contributed by atoms with Gasteiger partial charge >= 0.3 is 0 Å². The number of hydrogen-bond acceptors (Lipinski definition) is 4. The van der Waals surface area contributed by atoms with Crippen molar-refractivity contribution in [1.29, 1.82) is 0 Å². The van der Waals surface area contributed by atoms with Gasteiger partial charge in [-0.1, -0.05) is 0 Å². The number of nitrogens with one attached hydrogen (secondary N) is 1. The van der Waals surface area contributed by atoms with E-state index in [0.717, 1.165) is 58.8 Å². The van der Waals surface area contributed by atoms with Gasteiger partial charge in [-0.2, -0.15) is 0 Å². The summed E-state index contributed by atoms with van der Waals surface area (Å²) in [6, 6.07) is 0. The average Bonchev–Trinajstić information content (AvgIpc) is 2.23. The molecule has 2 aliphatic rings. The van der Waals surface area contributed by atoms with E-state index >= 15 is 0 Å². The molecule has 1 aliphatic heterocycles. The van der Waals surface area contributed by atoms with E-state index in [1.807, 2.05) is 0 Å². The molecule has 0 unspecified atom stereocenters. The van der Waals surface area contributed by atoms with Crippen molar-refractivity contribution in [1.82, 2.24) is 10.2 Å². The highest BCUT2D eigenvalue weighted by Crippen LogP contribution is 2.25. The predicted octanol–water partition coefficient (Wildman–Crippen LogP) is -0.321. The molecule has 4 heteroatoms. The molecule has 88 valence electrons. The Kier molecular flexibility index (Phi) is 4.38. The highest BCUT2D eigenvalue weighted by Gasteiger charge is 2.26. The van der Waals surface area contributed by atoms with Crippen LogP contribution in [0, 0.1) is 5.92 Å². The van der Waals surface area contributed by atoms with Crippen molar-refractivity contribution in [3.05, 3.63) is 0 Å². The molecule has 2 N–H and O–H groups in total. The molecule has 0 atom stereocenters. The van der Waals surface area contributed by atoms with Crippen LogP contribution >= 0.6 is 0 Å². The largest absolute Gasteiger partial charge is 0.393 e. The summed E-state index contributed by atoms with van der Waals surface area (Å²) in [6.45, 7) is 7.17. The van der Waals surface area contributed by atoms with E-state index in [4.69, 9.17) is 9.84 Å². The fraction of sp³-hybridized carbons (Fsp3) is 1.00. The molecule has 1 aliphatic carbocycles. The summed E-state index contributed by atoms with van der Waals surface area (Å²) >= 11 is 0. The van der Waals surface area contributed by atoms with Crippen LogP contribution in [0.4, 0.5) is 0 Å². The van der Waals surface area contributed by atoms with Gasteiger partial charge in [-0.05, 0) is 25.3 Å². The molecule has 0 aromatic carbocycles. The van der Waals surface area contributed by atoms with Crippen molar-refractivity contribution in [2.24, 2.45) is 5.92 Å². The van der Waals surface area contributed by atoms with E-state index < -0.39 is 0 Å². The molecule has 4 nitrogen and oxygen atoms in total. The Bertz CT molecular complexity index is 177. The number of rotatable bonds is 5. The van der Waals surface area contributed by atoms with Crippen LogP contribution in [-0.2, 0) is 4.74 Å². The van der Waals surface area contributed by atoms with Crippen molar-refractivity contribution >= 4 is 0 Å². The molecule has 1 saturated carbocycles. The lowest BCUT2D eigenvalue weighted by Crippen LogP contribution is -2.42. The lowest BCUT2D eigenvalue weighted by Gasteiger charge is -2.32. The van der Waals surface area contributed by atoms with Gasteiger partial charge in [-0.3, -0.25) is 4.90 Å². The topological polar surface area (TPSA) is 44.7 Å². The first kappa shape index (κ1) is 11.3. The maximum atomic E-state index is 9.13. The molecule has 0 amide bonds. The van der Waals surface area contributed by atoms with Crippen LogP contribution in [0.3, 0.4) is 0 Å². The maximum absolute atomic E-state index is 9.13. The molecule has 0 radical (unpaired) electrons. The minimum atomic E-state index is -0.0176. The summed E-state index contributed by atoms with van der Waals surface area (Å²) in [4.78, 5) is 2.44. The van der Waals surface area contributed by atoms with Crippen LogP contribution < -0.4 is 5.32 Å². The van der Waals surface area contributed by atoms with Gasteiger partial charge < -0.3 is 15.2 Å². The second-order valence-electron chi connectivity index (χ2n) is 4.65. The quantitative estimate of drug-likeness (QED) is 0.616. The minimum Gasteiger partial charge on any atom is -0.393 e. The summed E-state index contributed by atoms with van der Waals surface area (Å²) in [6.07, 6.45) is 1.96. The van der Waals surface area contributed by atoms with E-state index in [9.17, 15) is 0 Å². The van der Waals surface area contributed by atoms with Crippen LogP contribution in [0.2, 0.25) is 0 Å². The number of morpholine rings is 1. The summed E-state index contributed by atoms with van der Waals surface area (Å²) in [5.74, 6) is 0.713. The Morgan fingerprint density at radius 2 is 2.00 bits per heavy atom. The zero-order chi connectivity index (χ0) is 10.5. The smallest absolute Gasteiger partial charge is 0.0594 e. The normalized spacial score (nSPS) is 32.6. The number of nitrogens with zero attached hydrogens (tertiary/aromatic N) is 1. The third kappa shape index (κ3) is 3.72. The number of hydrogen-bond donors (Lipinski definition) is 2. The summed E-state index contributed by atoms with van der Waals surface area (Å²) in [5, 5.41) is 12.6. The van der Waals surface area contributed by atoms with Gasteiger partial charge in [0.25, 0.3) is 0 Å². The van der Waals surface area contributed by atoms with Crippen molar-refractivity contribution < 1.29 is 9.84 Å². The number of aliphatic hydroxyl groups excluding tert-OH is 1. The van der Waals surface area contributed by atoms with Gasteiger partial charge in [0.15, 0.2) is 0 Å². The highest BCUT2D eigenvalue weighted by molar-refractivity contribution is 4.80. The first-order chi connectivity index (χ1) is 7.34. The molecule has 0 aromatic rings. The van der Waals surface area contributed by atoms with Crippen LogP contribution in [0.1, 0.15) is 12.8 Å². The van der Waals surface area contributed by atoms with E-state index in [0.29, 0.717) is 5.92 Å². The SMILES string of the molecule is OC1CC(CNCCN2CCOCC2)C1. The Morgan fingerprint density at radius 1 is 1.27 bits per heavy atom. The summed E-state index contributed by atoms with van der Waals surface area (Å²) < 4.78 is 5.29. The van der Waals surface area contributed by atoms with Gasteiger partial charge in [0.1, 0.15) is 0 Å². The first-order valence-electron chi connectivity index (χ1n) is 6.03. The van der Waals surface area contributed by atoms with Gasteiger partial charge in [0.05, 0.1) is 19.3 Å². The molecule has 15 heavy (non-hydrogen) atoms. The van der Waals surface area contributed by atoms with Crippen molar-refractivity contribution in [2.75, 3.05) is 45.9 Å². The van der Waals surface area contributed by atoms with Crippen LogP contribution in [0.25, 0.3) is 0 Å². The molecule has 2 fully saturated rings. The van der Waals surface area contributed by atoms with Gasteiger partial charge in [0, 0.05) is 26.2 Å². The molecule has 0 aromatic heterocycles. The Balaban J connectivity index is 1.44. The predicted molar refractivity (Wildman–Crippen MR) is 58.9 cm³/mol. The Hall–Kier alpha value is -0.160. The molecular formula is C11H22N2O2. The van der Waals surface area contributed by atoms with E-state index in [1.165, 1.54) is 0 Å². The molecule has 2 rings (SSSR count). The van der Waals surface area contributed by atoms with E-state index in [1.54, 1.807) is 0 Å². The van der Waals surface area contributed by atoms with Crippen molar-refractivity contribution in [3.8, 4) is 0 Å². The fourth-order valence-corrected chi connectivity index (χ4v) is 2.24. The number of aliphatic hydroxyl groups is 1. The third-order valence-corrected chi connectivity index (χ3v) is 3.35. The molecule has 1 heterocycles. The van der Waals surface area contributed by atoms with Gasteiger partial charge in [-0.15, -0.1) is 0 Å². The fourth-order valence-electron chi connectivity index (χ4n) is 2.24. The second kappa shape index (κ2) is 5.80. The molecular weight excluding hydrogens is 192 g/mol. The van der Waals surface area contributed by atoms with Crippen molar-refractivity contribution in [3.63, 3.8) is 0 Å². The van der Waals surface area contributed by atoms with Crippen LogP contribution in [0.15, 0.2) is 0 Å². The van der Waals surface area contributed by atoms with Crippen LogP contribution in [0.5, 0.6) is 0 Å². The lowest BCUT2D eigenvalue weighted by atomic mass is 9.82. The summed E-state index contributed by atoms with van der Waals surface area (Å²) in [5.41, 5.74) is 0. The Morgan fingerprint density at radius 3 is 2.67 bits per heavy atom. The van der Waals surface area contributed by atoms with Gasteiger partial charge in [-0.25, -0.2) is 0 Å². The Labute approximate surface area is 91.6 Å². The zero-order valence-corrected chi connectivity index (χ0v) is 9.32. The molecule has 0 bridgehead atoms. The average molecular weight is 214 g/mol. The standard InChI is InChI=1S/C11H22N2O2/c14-11-7-10(8-11)9-12-1-2-13-3-5-15-6-4-13/h10-12,14H,1-9H2. The maximum Gasteiger partial charge on any atom is 0.0594 e. The molecule has 1 saturated heterocycles. The van der Waals surface area contributed by atoms with E-state index in [2.05, 4.69) is 10.2 Å². The second-order valence-corrected chi connectivity index (χ2v) is 4.65. The highest BCUT2D eigenvalue weighted by atomic mass is 16.5. The number of ether oxygens (including phenoxy) is 1. The zero-order valence-electron chi connectivity index (χ0n) is 9.32. The monoisotopic (exact) mass is 214 g/mol. The first-order valence-corrected chi connectivity index (χ1v) is 6.03. The minimum absolute atomic E-state index is 0.0176. The lowest BCUT2D eigenvalue weighted by molar-refractivity contribution is 0.0342. The van der Waals surface area contributed by atoms with Gasteiger partial charge in [0.2, 0.25) is 0 Å². The van der Waals surface area contributed by atoms with E-state index in [-0.39, 0.29) is 6.10 Å². The van der Waals surface area contributed by atoms with Crippen LogP contribution in [-0.4, -0.2) is 62.0 Å².